The fraction of sp³-hybridized carbons (Fsp3) is 0.231. The number of thiophene rings is 1. The number of hydrogen-bond donors (Lipinski definition) is 1. The lowest BCUT2D eigenvalue weighted by atomic mass is 10.1. The van der Waals surface area contributed by atoms with E-state index in [1.807, 2.05) is 17.5 Å². The van der Waals surface area contributed by atoms with Gasteiger partial charge in [0.05, 0.1) is 16.3 Å². The highest BCUT2D eigenvalue weighted by atomic mass is 35.5. The third-order valence-electron chi connectivity index (χ3n) is 2.57. The van der Waals surface area contributed by atoms with Gasteiger partial charge in [0.2, 0.25) is 0 Å². The van der Waals surface area contributed by atoms with Crippen molar-refractivity contribution in [1.29, 1.82) is 0 Å². The summed E-state index contributed by atoms with van der Waals surface area (Å²) < 4.78 is 38.5. The predicted octanol–water partition coefficient (Wildman–Crippen LogP) is 5.07. The second-order valence-electron chi connectivity index (χ2n) is 3.92. The van der Waals surface area contributed by atoms with Crippen LogP contribution in [0, 0.1) is 0 Å². The highest BCUT2D eigenvalue weighted by Gasteiger charge is 2.34. The first-order chi connectivity index (χ1) is 8.98. The Labute approximate surface area is 118 Å². The molecular formula is C13H11ClF3NS. The average molecular weight is 306 g/mol. The maximum atomic E-state index is 12.8. The summed E-state index contributed by atoms with van der Waals surface area (Å²) in [4.78, 5) is 1.12. The maximum Gasteiger partial charge on any atom is 0.418 e. The van der Waals surface area contributed by atoms with E-state index in [9.17, 15) is 13.2 Å². The smallest absolute Gasteiger partial charge is 0.383 e. The fourth-order valence-corrected chi connectivity index (χ4v) is 2.66. The van der Waals surface area contributed by atoms with E-state index >= 15 is 0 Å². The average Bonchev–Trinajstić information content (AvgIpc) is 2.82. The van der Waals surface area contributed by atoms with Crippen LogP contribution in [0.2, 0.25) is 5.02 Å². The molecule has 1 nitrogen and oxygen atoms in total. The van der Waals surface area contributed by atoms with Crippen molar-refractivity contribution in [2.75, 3.05) is 11.9 Å². The lowest BCUT2D eigenvalue weighted by molar-refractivity contribution is -0.136. The molecule has 0 aliphatic rings. The van der Waals surface area contributed by atoms with Gasteiger partial charge in [0.15, 0.2) is 0 Å². The van der Waals surface area contributed by atoms with Crippen LogP contribution in [0.4, 0.5) is 18.9 Å². The van der Waals surface area contributed by atoms with Gasteiger partial charge in [0, 0.05) is 11.4 Å². The van der Waals surface area contributed by atoms with Crippen LogP contribution in [0.3, 0.4) is 0 Å². The SMILES string of the molecule is FC(F)(F)c1cccc(Cl)c1NCCc1cccs1. The first kappa shape index (κ1) is 14.2. The van der Waals surface area contributed by atoms with Gasteiger partial charge in [-0.05, 0) is 30.0 Å². The van der Waals surface area contributed by atoms with Gasteiger partial charge in [-0.25, -0.2) is 0 Å². The Morgan fingerprint density at radius 2 is 1.95 bits per heavy atom. The second kappa shape index (κ2) is 5.84. The molecule has 0 bridgehead atoms. The monoisotopic (exact) mass is 305 g/mol. The van der Waals surface area contributed by atoms with E-state index in [1.54, 1.807) is 11.3 Å². The van der Waals surface area contributed by atoms with Crippen molar-refractivity contribution in [2.45, 2.75) is 12.6 Å². The van der Waals surface area contributed by atoms with Crippen LogP contribution in [0.5, 0.6) is 0 Å². The molecule has 0 saturated carbocycles. The van der Waals surface area contributed by atoms with E-state index in [0.29, 0.717) is 13.0 Å². The van der Waals surface area contributed by atoms with Crippen molar-refractivity contribution >= 4 is 28.6 Å². The van der Waals surface area contributed by atoms with Crippen LogP contribution in [-0.2, 0) is 12.6 Å². The molecule has 0 radical (unpaired) electrons. The summed E-state index contributed by atoms with van der Waals surface area (Å²) in [5, 5.41) is 4.80. The van der Waals surface area contributed by atoms with Crippen LogP contribution >= 0.6 is 22.9 Å². The van der Waals surface area contributed by atoms with E-state index in [0.717, 1.165) is 10.9 Å². The summed E-state index contributed by atoms with van der Waals surface area (Å²) in [6, 6.07) is 7.64. The highest BCUT2D eigenvalue weighted by Crippen LogP contribution is 2.38. The number of anilines is 1. The van der Waals surface area contributed by atoms with E-state index in [4.69, 9.17) is 11.6 Å². The lowest BCUT2D eigenvalue weighted by Crippen LogP contribution is -2.13. The third-order valence-corrected chi connectivity index (χ3v) is 3.82. The summed E-state index contributed by atoms with van der Waals surface area (Å²) >= 11 is 7.41. The number of nitrogens with one attached hydrogen (secondary N) is 1. The Morgan fingerprint density at radius 3 is 2.58 bits per heavy atom. The van der Waals surface area contributed by atoms with Gasteiger partial charge < -0.3 is 5.32 Å². The summed E-state index contributed by atoms with van der Waals surface area (Å²) in [6.07, 6.45) is -3.74. The zero-order chi connectivity index (χ0) is 13.9. The molecule has 19 heavy (non-hydrogen) atoms. The molecule has 1 N–H and O–H groups in total. The Morgan fingerprint density at radius 1 is 1.16 bits per heavy atom. The predicted molar refractivity (Wildman–Crippen MR) is 73.0 cm³/mol. The quantitative estimate of drug-likeness (QED) is 0.831. The second-order valence-corrected chi connectivity index (χ2v) is 5.36. The van der Waals surface area contributed by atoms with Crippen molar-refractivity contribution < 1.29 is 13.2 Å². The van der Waals surface area contributed by atoms with E-state index < -0.39 is 11.7 Å². The van der Waals surface area contributed by atoms with Gasteiger partial charge in [-0.15, -0.1) is 11.3 Å². The van der Waals surface area contributed by atoms with Crippen LogP contribution in [0.25, 0.3) is 0 Å². The maximum absolute atomic E-state index is 12.8. The van der Waals surface area contributed by atoms with Gasteiger partial charge in [-0.1, -0.05) is 23.7 Å². The number of halogens is 4. The minimum absolute atomic E-state index is 0.0479. The zero-order valence-corrected chi connectivity index (χ0v) is 11.4. The largest absolute Gasteiger partial charge is 0.418 e. The van der Waals surface area contributed by atoms with Crippen molar-refractivity contribution in [2.24, 2.45) is 0 Å². The summed E-state index contributed by atoms with van der Waals surface area (Å²) in [6.45, 7) is 0.410. The number of alkyl halides is 3. The number of benzene rings is 1. The molecule has 0 aliphatic carbocycles. The van der Waals surface area contributed by atoms with Crippen molar-refractivity contribution in [3.63, 3.8) is 0 Å². The summed E-state index contributed by atoms with van der Waals surface area (Å²) in [5.41, 5.74) is -0.778. The molecule has 0 amide bonds. The van der Waals surface area contributed by atoms with Crippen LogP contribution < -0.4 is 5.32 Å². The molecule has 102 valence electrons. The van der Waals surface area contributed by atoms with Crippen molar-refractivity contribution in [1.82, 2.24) is 0 Å². The van der Waals surface area contributed by atoms with E-state index in [1.165, 1.54) is 12.1 Å². The Bertz CT molecular complexity index is 537. The highest BCUT2D eigenvalue weighted by molar-refractivity contribution is 7.09. The standard InChI is InChI=1S/C13H11ClF3NS/c14-11-5-1-4-10(13(15,16)17)12(11)18-7-6-9-3-2-8-19-9/h1-5,8,18H,6-7H2. The van der Waals surface area contributed by atoms with E-state index in [-0.39, 0.29) is 10.7 Å². The first-order valence-corrected chi connectivity index (χ1v) is 6.86. The molecule has 0 unspecified atom stereocenters. The zero-order valence-electron chi connectivity index (χ0n) is 9.80. The normalized spacial score (nSPS) is 11.6. The van der Waals surface area contributed by atoms with Gasteiger partial charge in [0.1, 0.15) is 0 Å². The molecule has 0 aliphatic heterocycles. The minimum Gasteiger partial charge on any atom is -0.383 e. The molecule has 1 aromatic heterocycles. The van der Waals surface area contributed by atoms with Crippen LogP contribution in [-0.4, -0.2) is 6.54 Å². The van der Waals surface area contributed by atoms with Crippen molar-refractivity contribution in [3.8, 4) is 0 Å². The fourth-order valence-electron chi connectivity index (χ4n) is 1.71. The molecule has 0 fully saturated rings. The molecule has 0 spiro atoms. The summed E-state index contributed by atoms with van der Waals surface area (Å²) in [5.74, 6) is 0. The molecule has 1 heterocycles. The molecule has 2 aromatic rings. The van der Waals surface area contributed by atoms with Crippen molar-refractivity contribution in [3.05, 3.63) is 51.2 Å². The molecular weight excluding hydrogens is 295 g/mol. The molecule has 1 aromatic carbocycles. The molecule has 2 rings (SSSR count). The van der Waals surface area contributed by atoms with Gasteiger partial charge in [0.25, 0.3) is 0 Å². The third kappa shape index (κ3) is 3.64. The number of para-hydroxylation sites is 1. The van der Waals surface area contributed by atoms with Crippen LogP contribution in [0.15, 0.2) is 35.7 Å². The van der Waals surface area contributed by atoms with E-state index in [2.05, 4.69) is 5.32 Å². The Balaban J connectivity index is 2.11. The number of rotatable bonds is 4. The van der Waals surface area contributed by atoms with Crippen LogP contribution in [0.1, 0.15) is 10.4 Å². The van der Waals surface area contributed by atoms with Gasteiger partial charge >= 0.3 is 6.18 Å². The molecule has 6 heteroatoms. The Kier molecular flexibility index (Phi) is 4.37. The minimum atomic E-state index is -4.41. The molecule has 0 atom stereocenters. The Hall–Kier alpha value is -1.20. The topological polar surface area (TPSA) is 12.0 Å². The lowest BCUT2D eigenvalue weighted by Gasteiger charge is -2.15. The first-order valence-electron chi connectivity index (χ1n) is 5.60. The summed E-state index contributed by atoms with van der Waals surface area (Å²) in [7, 11) is 0. The van der Waals surface area contributed by atoms with Gasteiger partial charge in [-0.3, -0.25) is 0 Å². The number of hydrogen-bond acceptors (Lipinski definition) is 2. The molecule has 0 saturated heterocycles. The van der Waals surface area contributed by atoms with Gasteiger partial charge in [-0.2, -0.15) is 13.2 Å².